The number of halogens is 4. The lowest BCUT2D eigenvalue weighted by molar-refractivity contribution is -0.274. The number of carbonyl (C=O) groups excluding carboxylic acids is 1. The third-order valence-electron chi connectivity index (χ3n) is 3.22. The van der Waals surface area contributed by atoms with Gasteiger partial charge in [-0.1, -0.05) is 5.16 Å². The fourth-order valence-electron chi connectivity index (χ4n) is 2.03. The lowest BCUT2D eigenvalue weighted by atomic mass is 10.2. The number of aromatic nitrogens is 2. The SMILES string of the molecule is O=C(OCc1nc(-c2ccc(OC(F)(F)F)cc2)no1)c1ccc(F)cc1. The summed E-state index contributed by atoms with van der Waals surface area (Å²) in [5.41, 5.74) is 0.528. The van der Waals surface area contributed by atoms with E-state index in [1.54, 1.807) is 0 Å². The molecule has 0 amide bonds. The average molecular weight is 382 g/mol. The Morgan fingerprint density at radius 1 is 1.04 bits per heavy atom. The molecule has 0 saturated carbocycles. The van der Waals surface area contributed by atoms with Crippen molar-refractivity contribution in [3.05, 3.63) is 65.8 Å². The largest absolute Gasteiger partial charge is 0.573 e. The standard InChI is InChI=1S/C17H10F4N2O4/c18-12-5-1-11(2-6-12)16(24)25-9-14-22-15(23-27-14)10-3-7-13(8-4-10)26-17(19,20)21/h1-8H,9H2. The van der Waals surface area contributed by atoms with E-state index >= 15 is 0 Å². The van der Waals surface area contributed by atoms with Gasteiger partial charge in [0.25, 0.3) is 5.89 Å². The van der Waals surface area contributed by atoms with Gasteiger partial charge in [0.1, 0.15) is 11.6 Å². The monoisotopic (exact) mass is 382 g/mol. The molecule has 3 rings (SSSR count). The highest BCUT2D eigenvalue weighted by atomic mass is 19.4. The zero-order valence-corrected chi connectivity index (χ0v) is 13.4. The molecule has 10 heteroatoms. The molecule has 0 aliphatic heterocycles. The third kappa shape index (κ3) is 5.03. The van der Waals surface area contributed by atoms with E-state index in [1.165, 1.54) is 24.3 Å². The van der Waals surface area contributed by atoms with Crippen molar-refractivity contribution in [3.63, 3.8) is 0 Å². The molecular weight excluding hydrogens is 372 g/mol. The van der Waals surface area contributed by atoms with Gasteiger partial charge in [-0.15, -0.1) is 13.2 Å². The van der Waals surface area contributed by atoms with Gasteiger partial charge in [0.15, 0.2) is 6.61 Å². The summed E-state index contributed by atoms with van der Waals surface area (Å²) in [6, 6.07) is 9.62. The van der Waals surface area contributed by atoms with Gasteiger partial charge in [-0.25, -0.2) is 9.18 Å². The summed E-state index contributed by atoms with van der Waals surface area (Å²) in [6.45, 7) is -0.321. The van der Waals surface area contributed by atoms with Crippen molar-refractivity contribution in [1.29, 1.82) is 0 Å². The van der Waals surface area contributed by atoms with E-state index in [0.717, 1.165) is 24.3 Å². The molecule has 2 aromatic carbocycles. The number of carbonyl (C=O) groups is 1. The van der Waals surface area contributed by atoms with E-state index in [0.29, 0.717) is 5.56 Å². The fourth-order valence-corrected chi connectivity index (χ4v) is 2.03. The number of hydrogen-bond donors (Lipinski definition) is 0. The fraction of sp³-hybridized carbons (Fsp3) is 0.118. The van der Waals surface area contributed by atoms with Crippen LogP contribution in [0.3, 0.4) is 0 Å². The van der Waals surface area contributed by atoms with Crippen molar-refractivity contribution < 1.29 is 36.4 Å². The molecule has 1 aromatic heterocycles. The summed E-state index contributed by atoms with van der Waals surface area (Å²) in [5.74, 6) is -1.50. The Hall–Kier alpha value is -3.43. The summed E-state index contributed by atoms with van der Waals surface area (Å²) >= 11 is 0. The Bertz CT molecular complexity index is 921. The van der Waals surface area contributed by atoms with Crippen LogP contribution in [0.1, 0.15) is 16.2 Å². The van der Waals surface area contributed by atoms with Gasteiger partial charge in [-0.05, 0) is 48.5 Å². The Balaban J connectivity index is 1.61. The van der Waals surface area contributed by atoms with Crippen LogP contribution in [0.15, 0.2) is 53.1 Å². The summed E-state index contributed by atoms with van der Waals surface area (Å²) in [6.07, 6.45) is -4.78. The van der Waals surface area contributed by atoms with Gasteiger partial charge in [0, 0.05) is 5.56 Å². The van der Waals surface area contributed by atoms with Crippen molar-refractivity contribution >= 4 is 5.97 Å². The van der Waals surface area contributed by atoms with Crippen molar-refractivity contribution in [1.82, 2.24) is 10.1 Å². The number of benzene rings is 2. The molecule has 3 aromatic rings. The zero-order chi connectivity index (χ0) is 19.4. The zero-order valence-electron chi connectivity index (χ0n) is 13.4. The van der Waals surface area contributed by atoms with Gasteiger partial charge in [0.05, 0.1) is 5.56 Å². The molecule has 0 atom stereocenters. The van der Waals surface area contributed by atoms with Crippen LogP contribution >= 0.6 is 0 Å². The van der Waals surface area contributed by atoms with Crippen LogP contribution < -0.4 is 4.74 Å². The second kappa shape index (κ2) is 7.44. The normalized spacial score (nSPS) is 11.3. The molecule has 0 fully saturated rings. The van der Waals surface area contributed by atoms with E-state index in [4.69, 9.17) is 9.26 Å². The Labute approximate surface area is 149 Å². The molecule has 0 radical (unpaired) electrons. The lowest BCUT2D eigenvalue weighted by Gasteiger charge is -2.08. The molecular formula is C17H10F4N2O4. The molecule has 0 saturated heterocycles. The van der Waals surface area contributed by atoms with Crippen molar-refractivity contribution in [2.75, 3.05) is 0 Å². The van der Waals surface area contributed by atoms with Crippen LogP contribution in [0.4, 0.5) is 17.6 Å². The first-order valence-electron chi connectivity index (χ1n) is 7.41. The maximum absolute atomic E-state index is 12.8. The Morgan fingerprint density at radius 2 is 1.70 bits per heavy atom. The first-order chi connectivity index (χ1) is 12.8. The van der Waals surface area contributed by atoms with Crippen molar-refractivity contribution in [2.45, 2.75) is 13.0 Å². The predicted octanol–water partition coefficient (Wildman–Crippen LogP) is 4.13. The summed E-state index contributed by atoms with van der Waals surface area (Å²) in [7, 11) is 0. The topological polar surface area (TPSA) is 74.5 Å². The quantitative estimate of drug-likeness (QED) is 0.488. The molecule has 6 nitrogen and oxygen atoms in total. The van der Waals surface area contributed by atoms with E-state index in [9.17, 15) is 22.4 Å². The molecule has 0 unspecified atom stereocenters. The minimum atomic E-state index is -4.78. The van der Waals surface area contributed by atoms with Crippen molar-refractivity contribution in [3.8, 4) is 17.1 Å². The van der Waals surface area contributed by atoms with E-state index in [2.05, 4.69) is 14.9 Å². The minimum absolute atomic E-state index is 0.0175. The van der Waals surface area contributed by atoms with Gasteiger partial charge in [0.2, 0.25) is 5.82 Å². The number of esters is 1. The summed E-state index contributed by atoms with van der Waals surface area (Å²) in [4.78, 5) is 15.8. The van der Waals surface area contributed by atoms with Gasteiger partial charge < -0.3 is 14.0 Å². The summed E-state index contributed by atoms with van der Waals surface area (Å²) in [5, 5.41) is 3.66. The smallest absolute Gasteiger partial charge is 0.452 e. The van der Waals surface area contributed by atoms with Gasteiger partial charge in [-0.3, -0.25) is 0 Å². The van der Waals surface area contributed by atoms with Crippen LogP contribution in [0, 0.1) is 5.82 Å². The van der Waals surface area contributed by atoms with Gasteiger partial charge in [-0.2, -0.15) is 4.98 Å². The first-order valence-corrected chi connectivity index (χ1v) is 7.41. The number of ether oxygens (including phenoxy) is 2. The van der Waals surface area contributed by atoms with E-state index < -0.39 is 18.1 Å². The highest BCUT2D eigenvalue weighted by Gasteiger charge is 2.31. The van der Waals surface area contributed by atoms with E-state index in [-0.39, 0.29) is 29.6 Å². The van der Waals surface area contributed by atoms with Crippen LogP contribution in [-0.4, -0.2) is 22.5 Å². The molecule has 0 spiro atoms. The Kier molecular flexibility index (Phi) is 5.06. The van der Waals surface area contributed by atoms with E-state index in [1.807, 2.05) is 0 Å². The van der Waals surface area contributed by atoms with Crippen LogP contribution in [-0.2, 0) is 11.3 Å². The molecule has 27 heavy (non-hydrogen) atoms. The highest BCUT2D eigenvalue weighted by molar-refractivity contribution is 5.89. The van der Waals surface area contributed by atoms with Crippen LogP contribution in [0.25, 0.3) is 11.4 Å². The number of rotatable bonds is 5. The maximum Gasteiger partial charge on any atom is 0.573 e. The number of hydrogen-bond acceptors (Lipinski definition) is 6. The molecule has 140 valence electrons. The number of nitrogens with zero attached hydrogens (tertiary/aromatic N) is 2. The predicted molar refractivity (Wildman–Crippen MR) is 81.9 cm³/mol. The molecule has 0 aliphatic rings. The van der Waals surface area contributed by atoms with Crippen LogP contribution in [0.2, 0.25) is 0 Å². The molecule has 0 aliphatic carbocycles. The first kappa shape index (κ1) is 18.4. The minimum Gasteiger partial charge on any atom is -0.452 e. The molecule has 0 bridgehead atoms. The van der Waals surface area contributed by atoms with Gasteiger partial charge >= 0.3 is 12.3 Å². The molecule has 1 heterocycles. The maximum atomic E-state index is 12.8. The average Bonchev–Trinajstić information content (AvgIpc) is 3.08. The molecule has 0 N–H and O–H groups in total. The van der Waals surface area contributed by atoms with Crippen LogP contribution in [0.5, 0.6) is 5.75 Å². The third-order valence-corrected chi connectivity index (χ3v) is 3.22. The lowest BCUT2D eigenvalue weighted by Crippen LogP contribution is -2.16. The summed E-state index contributed by atoms with van der Waals surface area (Å²) < 4.78 is 62.9. The second-order valence-corrected chi connectivity index (χ2v) is 5.17. The highest BCUT2D eigenvalue weighted by Crippen LogP contribution is 2.25. The van der Waals surface area contributed by atoms with Crippen molar-refractivity contribution in [2.24, 2.45) is 0 Å². The Morgan fingerprint density at radius 3 is 2.33 bits per heavy atom. The second-order valence-electron chi connectivity index (χ2n) is 5.17. The number of alkyl halides is 3.